The van der Waals surface area contributed by atoms with Gasteiger partial charge in [0.2, 0.25) is 5.89 Å². The van der Waals surface area contributed by atoms with Gasteiger partial charge in [-0.05, 0) is 38.3 Å². The fourth-order valence-electron chi connectivity index (χ4n) is 2.93. The lowest BCUT2D eigenvalue weighted by atomic mass is 10.0. The fourth-order valence-corrected chi connectivity index (χ4v) is 2.93. The minimum atomic E-state index is 0.0315. The minimum Gasteiger partial charge on any atom is -0.444 e. The van der Waals surface area contributed by atoms with Crippen LogP contribution < -0.4 is 5.32 Å². The molecule has 0 aliphatic carbocycles. The molecule has 1 N–H and O–H groups in total. The van der Waals surface area contributed by atoms with E-state index in [-0.39, 0.29) is 6.03 Å². The average Bonchev–Trinajstić information content (AvgIpc) is 3.05. The Balaban J connectivity index is 1.49. The van der Waals surface area contributed by atoms with Crippen molar-refractivity contribution in [1.82, 2.24) is 15.2 Å². The second-order valence-electron chi connectivity index (χ2n) is 6.03. The number of likely N-dealkylation sites (tertiary alicyclic amines) is 1. The van der Waals surface area contributed by atoms with E-state index in [0.29, 0.717) is 24.9 Å². The van der Waals surface area contributed by atoms with Crippen molar-refractivity contribution < 1.29 is 9.21 Å². The minimum absolute atomic E-state index is 0.0315. The summed E-state index contributed by atoms with van der Waals surface area (Å²) in [6.45, 7) is 3.54. The molecular weight excluding hydrogens is 290 g/mol. The maximum absolute atomic E-state index is 12.2. The molecule has 3 rings (SSSR count). The lowest BCUT2D eigenvalue weighted by Gasteiger charge is -2.33. The van der Waals surface area contributed by atoms with Gasteiger partial charge in [0, 0.05) is 31.1 Å². The van der Waals surface area contributed by atoms with Crippen LogP contribution in [0.4, 0.5) is 4.79 Å². The number of nitrogens with one attached hydrogen (secondary N) is 1. The molecule has 0 radical (unpaired) electrons. The number of hydrogen-bond acceptors (Lipinski definition) is 3. The smallest absolute Gasteiger partial charge is 0.317 e. The zero-order valence-electron chi connectivity index (χ0n) is 13.5. The number of piperidine rings is 1. The molecule has 2 amide bonds. The van der Waals surface area contributed by atoms with Crippen LogP contribution in [0.2, 0.25) is 0 Å². The highest BCUT2D eigenvalue weighted by Gasteiger charge is 2.22. The maximum atomic E-state index is 12.2. The standard InChI is InChI=1S/C18H23N3O2/c1-14-7-5-6-12-21(14)18(22)19-11-10-16-13-23-17(20-16)15-8-3-2-4-9-15/h2-4,8-9,13-14H,5-7,10-12H2,1H3,(H,19,22)/t14-/m0/s1. The third kappa shape index (κ3) is 3.92. The van der Waals surface area contributed by atoms with Gasteiger partial charge in [-0.1, -0.05) is 18.2 Å². The summed E-state index contributed by atoms with van der Waals surface area (Å²) < 4.78 is 5.51. The molecule has 122 valence electrons. The second kappa shape index (κ2) is 7.31. The monoisotopic (exact) mass is 313 g/mol. The van der Waals surface area contributed by atoms with Gasteiger partial charge in [0.15, 0.2) is 0 Å². The van der Waals surface area contributed by atoms with Crippen molar-refractivity contribution in [1.29, 1.82) is 0 Å². The molecule has 0 unspecified atom stereocenters. The molecular formula is C18H23N3O2. The van der Waals surface area contributed by atoms with Crippen LogP contribution in [-0.4, -0.2) is 35.0 Å². The SMILES string of the molecule is C[C@H]1CCCCN1C(=O)NCCc1coc(-c2ccccc2)n1. The molecule has 0 saturated carbocycles. The molecule has 0 bridgehead atoms. The Hall–Kier alpha value is -2.30. The number of carbonyl (C=O) groups excluding carboxylic acids is 1. The summed E-state index contributed by atoms with van der Waals surface area (Å²) >= 11 is 0. The van der Waals surface area contributed by atoms with Gasteiger partial charge in [-0.15, -0.1) is 0 Å². The molecule has 1 aromatic heterocycles. The zero-order chi connectivity index (χ0) is 16.1. The number of amides is 2. The molecule has 1 atom stereocenters. The van der Waals surface area contributed by atoms with Crippen molar-refractivity contribution in [2.24, 2.45) is 0 Å². The summed E-state index contributed by atoms with van der Waals surface area (Å²) in [6.07, 6.45) is 5.74. The first-order chi connectivity index (χ1) is 11.2. The largest absolute Gasteiger partial charge is 0.444 e. The fraction of sp³-hybridized carbons (Fsp3) is 0.444. The van der Waals surface area contributed by atoms with E-state index in [1.165, 1.54) is 6.42 Å². The molecule has 5 nitrogen and oxygen atoms in total. The zero-order valence-corrected chi connectivity index (χ0v) is 13.5. The number of urea groups is 1. The number of rotatable bonds is 4. The summed E-state index contributed by atoms with van der Waals surface area (Å²) in [5, 5.41) is 2.99. The van der Waals surface area contributed by atoms with Crippen LogP contribution in [0.25, 0.3) is 11.5 Å². The van der Waals surface area contributed by atoms with E-state index in [1.54, 1.807) is 6.26 Å². The van der Waals surface area contributed by atoms with Crippen molar-refractivity contribution in [2.75, 3.05) is 13.1 Å². The second-order valence-corrected chi connectivity index (χ2v) is 6.03. The summed E-state index contributed by atoms with van der Waals surface area (Å²) in [5.74, 6) is 0.622. The first kappa shape index (κ1) is 15.6. The Labute approximate surface area is 136 Å². The van der Waals surface area contributed by atoms with Gasteiger partial charge in [0.25, 0.3) is 0 Å². The Morgan fingerprint density at radius 1 is 1.35 bits per heavy atom. The number of hydrogen-bond donors (Lipinski definition) is 1. The molecule has 1 aliphatic heterocycles. The molecule has 5 heteroatoms. The molecule has 2 heterocycles. The molecule has 1 aliphatic rings. The molecule has 1 aromatic carbocycles. The highest BCUT2D eigenvalue weighted by atomic mass is 16.3. The predicted octanol–water partition coefficient (Wildman–Crippen LogP) is 3.47. The Bertz CT molecular complexity index is 639. The third-order valence-electron chi connectivity index (χ3n) is 4.29. The van der Waals surface area contributed by atoms with E-state index in [1.807, 2.05) is 35.2 Å². The van der Waals surface area contributed by atoms with Crippen LogP contribution in [-0.2, 0) is 6.42 Å². The number of aromatic nitrogens is 1. The number of benzene rings is 1. The van der Waals surface area contributed by atoms with Gasteiger partial charge in [0.1, 0.15) is 6.26 Å². The lowest BCUT2D eigenvalue weighted by Crippen LogP contribution is -2.47. The highest BCUT2D eigenvalue weighted by Crippen LogP contribution is 2.18. The van der Waals surface area contributed by atoms with Crippen LogP contribution in [0, 0.1) is 0 Å². The number of carbonyl (C=O) groups is 1. The van der Waals surface area contributed by atoms with Crippen molar-refractivity contribution in [3.63, 3.8) is 0 Å². The van der Waals surface area contributed by atoms with Gasteiger partial charge < -0.3 is 14.6 Å². The normalized spacial score (nSPS) is 18.0. The topological polar surface area (TPSA) is 58.4 Å². The van der Waals surface area contributed by atoms with Crippen LogP contribution in [0.3, 0.4) is 0 Å². The summed E-state index contributed by atoms with van der Waals surface area (Å²) in [7, 11) is 0. The first-order valence-corrected chi connectivity index (χ1v) is 8.28. The van der Waals surface area contributed by atoms with E-state index in [0.717, 1.165) is 30.6 Å². The van der Waals surface area contributed by atoms with E-state index >= 15 is 0 Å². The number of nitrogens with zero attached hydrogens (tertiary/aromatic N) is 2. The molecule has 0 spiro atoms. The summed E-state index contributed by atoms with van der Waals surface area (Å²) in [4.78, 5) is 18.6. The van der Waals surface area contributed by atoms with E-state index < -0.39 is 0 Å². The first-order valence-electron chi connectivity index (χ1n) is 8.28. The van der Waals surface area contributed by atoms with Crippen molar-refractivity contribution >= 4 is 6.03 Å². The van der Waals surface area contributed by atoms with Crippen LogP contribution in [0.1, 0.15) is 31.9 Å². The third-order valence-corrected chi connectivity index (χ3v) is 4.29. The predicted molar refractivity (Wildman–Crippen MR) is 89.1 cm³/mol. The lowest BCUT2D eigenvalue weighted by molar-refractivity contribution is 0.158. The van der Waals surface area contributed by atoms with E-state index in [2.05, 4.69) is 17.2 Å². The van der Waals surface area contributed by atoms with Gasteiger partial charge in [-0.3, -0.25) is 0 Å². The quantitative estimate of drug-likeness (QED) is 0.940. The highest BCUT2D eigenvalue weighted by molar-refractivity contribution is 5.74. The molecule has 23 heavy (non-hydrogen) atoms. The summed E-state index contributed by atoms with van der Waals surface area (Å²) in [5.41, 5.74) is 1.82. The summed E-state index contributed by atoms with van der Waals surface area (Å²) in [6, 6.07) is 10.2. The Kier molecular flexibility index (Phi) is 4.95. The van der Waals surface area contributed by atoms with Crippen LogP contribution in [0.5, 0.6) is 0 Å². The van der Waals surface area contributed by atoms with Gasteiger partial charge in [-0.25, -0.2) is 9.78 Å². The Morgan fingerprint density at radius 2 is 2.17 bits per heavy atom. The molecule has 1 fully saturated rings. The molecule has 1 saturated heterocycles. The molecule has 2 aromatic rings. The average molecular weight is 313 g/mol. The van der Waals surface area contributed by atoms with Crippen molar-refractivity contribution in [3.05, 3.63) is 42.3 Å². The van der Waals surface area contributed by atoms with Crippen molar-refractivity contribution in [3.8, 4) is 11.5 Å². The van der Waals surface area contributed by atoms with Gasteiger partial charge in [0.05, 0.1) is 5.69 Å². The van der Waals surface area contributed by atoms with Gasteiger partial charge >= 0.3 is 6.03 Å². The van der Waals surface area contributed by atoms with Gasteiger partial charge in [-0.2, -0.15) is 0 Å². The maximum Gasteiger partial charge on any atom is 0.317 e. The Morgan fingerprint density at radius 3 is 2.96 bits per heavy atom. The van der Waals surface area contributed by atoms with E-state index in [4.69, 9.17) is 4.42 Å². The van der Waals surface area contributed by atoms with Crippen LogP contribution >= 0.6 is 0 Å². The number of oxazole rings is 1. The van der Waals surface area contributed by atoms with Crippen LogP contribution in [0.15, 0.2) is 41.0 Å². The van der Waals surface area contributed by atoms with E-state index in [9.17, 15) is 4.79 Å². The van der Waals surface area contributed by atoms with Crippen molar-refractivity contribution in [2.45, 2.75) is 38.6 Å².